The Kier molecular flexibility index (Phi) is 3.02. The van der Waals surface area contributed by atoms with E-state index in [0.717, 1.165) is 24.7 Å². The number of carbonyl (C=O) groups is 1. The first-order valence-corrected chi connectivity index (χ1v) is 5.88. The molecule has 0 amide bonds. The predicted molar refractivity (Wildman–Crippen MR) is 53.5 cm³/mol. The molecule has 74 valence electrons. The highest BCUT2D eigenvalue weighted by molar-refractivity contribution is 5.78. The number of rotatable bonds is 0. The van der Waals surface area contributed by atoms with Crippen LogP contribution in [0.3, 0.4) is 0 Å². The summed E-state index contributed by atoms with van der Waals surface area (Å²) in [6.07, 6.45) is 11.2. The summed E-state index contributed by atoms with van der Waals surface area (Å²) in [6, 6.07) is 0. The van der Waals surface area contributed by atoms with Crippen molar-refractivity contribution in [2.45, 2.75) is 57.8 Å². The quantitative estimate of drug-likeness (QED) is 0.559. The molecule has 2 aliphatic carbocycles. The van der Waals surface area contributed by atoms with Crippen LogP contribution in [-0.4, -0.2) is 5.78 Å². The van der Waals surface area contributed by atoms with E-state index < -0.39 is 0 Å². The highest BCUT2D eigenvalue weighted by atomic mass is 16.1. The summed E-state index contributed by atoms with van der Waals surface area (Å²) in [6.45, 7) is 0. The summed E-state index contributed by atoms with van der Waals surface area (Å²) in [7, 11) is 0. The lowest BCUT2D eigenvalue weighted by Crippen LogP contribution is -2.13. The summed E-state index contributed by atoms with van der Waals surface area (Å²) < 4.78 is 0. The maximum Gasteiger partial charge on any atom is 0.133 e. The van der Waals surface area contributed by atoms with Gasteiger partial charge in [-0.1, -0.05) is 25.7 Å². The van der Waals surface area contributed by atoms with Crippen LogP contribution in [0.15, 0.2) is 0 Å². The molecule has 0 aromatic rings. The van der Waals surface area contributed by atoms with Gasteiger partial charge in [-0.2, -0.15) is 0 Å². The second-order valence-corrected chi connectivity index (χ2v) is 4.79. The first-order valence-electron chi connectivity index (χ1n) is 5.88. The molecule has 2 atom stereocenters. The molecule has 0 aromatic heterocycles. The SMILES string of the molecule is O=C1CCC[C@H]2CCCCC[C@@H]2C1. The monoisotopic (exact) mass is 180 g/mol. The third-order valence-electron chi connectivity index (χ3n) is 3.84. The number of carbonyl (C=O) groups excluding carboxylic acids is 1. The first-order chi connectivity index (χ1) is 6.36. The predicted octanol–water partition coefficient (Wildman–Crippen LogP) is 3.33. The fraction of sp³-hybridized carbons (Fsp3) is 0.917. The van der Waals surface area contributed by atoms with Crippen LogP contribution >= 0.6 is 0 Å². The number of hydrogen-bond acceptors (Lipinski definition) is 1. The van der Waals surface area contributed by atoms with Gasteiger partial charge in [0, 0.05) is 12.8 Å². The molecule has 0 bridgehead atoms. The molecule has 0 radical (unpaired) electrons. The van der Waals surface area contributed by atoms with Gasteiger partial charge in [0.05, 0.1) is 0 Å². The van der Waals surface area contributed by atoms with E-state index >= 15 is 0 Å². The Bertz CT molecular complexity index is 186. The molecule has 2 rings (SSSR count). The molecular formula is C12H20O. The Balaban J connectivity index is 2.01. The lowest BCUT2D eigenvalue weighted by molar-refractivity contribution is -0.119. The number of ketones is 1. The number of hydrogen-bond donors (Lipinski definition) is 0. The summed E-state index contributed by atoms with van der Waals surface area (Å²) in [5, 5.41) is 0. The zero-order valence-electron chi connectivity index (χ0n) is 8.43. The maximum absolute atomic E-state index is 11.5. The van der Waals surface area contributed by atoms with Crippen molar-refractivity contribution in [1.82, 2.24) is 0 Å². The van der Waals surface area contributed by atoms with Crippen LogP contribution < -0.4 is 0 Å². The molecule has 0 spiro atoms. The van der Waals surface area contributed by atoms with E-state index in [-0.39, 0.29) is 0 Å². The average molecular weight is 180 g/mol. The Morgan fingerprint density at radius 3 is 2.38 bits per heavy atom. The van der Waals surface area contributed by atoms with Crippen LogP contribution in [0.5, 0.6) is 0 Å². The second-order valence-electron chi connectivity index (χ2n) is 4.79. The van der Waals surface area contributed by atoms with Crippen molar-refractivity contribution in [2.75, 3.05) is 0 Å². The highest BCUT2D eigenvalue weighted by Gasteiger charge is 2.27. The van der Waals surface area contributed by atoms with E-state index in [0.29, 0.717) is 5.78 Å². The Morgan fingerprint density at radius 2 is 1.54 bits per heavy atom. The summed E-state index contributed by atoms with van der Waals surface area (Å²) in [5.41, 5.74) is 0. The summed E-state index contributed by atoms with van der Waals surface area (Å²) in [4.78, 5) is 11.5. The second kappa shape index (κ2) is 4.26. The summed E-state index contributed by atoms with van der Waals surface area (Å²) in [5.74, 6) is 2.20. The van der Waals surface area contributed by atoms with Crippen LogP contribution in [0.25, 0.3) is 0 Å². The topological polar surface area (TPSA) is 17.1 Å². The normalized spacial score (nSPS) is 36.2. The average Bonchev–Trinajstić information content (AvgIpc) is 2.38. The van der Waals surface area contributed by atoms with E-state index in [9.17, 15) is 4.79 Å². The van der Waals surface area contributed by atoms with Crippen molar-refractivity contribution in [3.05, 3.63) is 0 Å². The van der Waals surface area contributed by atoms with Gasteiger partial charge in [-0.25, -0.2) is 0 Å². The maximum atomic E-state index is 11.5. The summed E-state index contributed by atoms with van der Waals surface area (Å²) >= 11 is 0. The molecule has 0 N–H and O–H groups in total. The first kappa shape index (κ1) is 9.23. The fourth-order valence-corrected chi connectivity index (χ4v) is 3.07. The van der Waals surface area contributed by atoms with Gasteiger partial charge in [0.15, 0.2) is 0 Å². The van der Waals surface area contributed by atoms with Crippen LogP contribution in [-0.2, 0) is 4.79 Å². The van der Waals surface area contributed by atoms with Crippen LogP contribution in [0, 0.1) is 11.8 Å². The lowest BCUT2D eigenvalue weighted by atomic mass is 9.84. The Labute approximate surface area is 80.9 Å². The van der Waals surface area contributed by atoms with Crippen molar-refractivity contribution in [1.29, 1.82) is 0 Å². The van der Waals surface area contributed by atoms with Gasteiger partial charge in [0.25, 0.3) is 0 Å². The highest BCUT2D eigenvalue weighted by Crippen LogP contribution is 2.36. The van der Waals surface area contributed by atoms with Gasteiger partial charge in [-0.3, -0.25) is 4.79 Å². The smallest absolute Gasteiger partial charge is 0.133 e. The minimum absolute atomic E-state index is 0.536. The number of fused-ring (bicyclic) bond motifs is 1. The molecule has 2 saturated carbocycles. The minimum atomic E-state index is 0.536. The molecule has 2 aliphatic rings. The zero-order valence-corrected chi connectivity index (χ0v) is 8.43. The minimum Gasteiger partial charge on any atom is -0.300 e. The standard InChI is InChI=1S/C12H20O/c13-12-8-4-7-10-5-2-1-3-6-11(10)9-12/h10-11H,1-9H2/t10-,11-/m1/s1. The molecule has 0 saturated heterocycles. The number of Topliss-reactive ketones (excluding diaryl/α,β-unsaturated/α-hetero) is 1. The molecular weight excluding hydrogens is 160 g/mol. The van der Waals surface area contributed by atoms with E-state index in [1.807, 2.05) is 0 Å². The molecule has 0 heterocycles. The zero-order chi connectivity index (χ0) is 9.10. The van der Waals surface area contributed by atoms with Crippen LogP contribution in [0.4, 0.5) is 0 Å². The molecule has 0 unspecified atom stereocenters. The van der Waals surface area contributed by atoms with Gasteiger partial charge >= 0.3 is 0 Å². The van der Waals surface area contributed by atoms with Crippen molar-refractivity contribution >= 4 is 5.78 Å². The van der Waals surface area contributed by atoms with Gasteiger partial charge in [-0.15, -0.1) is 0 Å². The van der Waals surface area contributed by atoms with E-state index in [1.165, 1.54) is 44.9 Å². The van der Waals surface area contributed by atoms with Crippen molar-refractivity contribution in [3.8, 4) is 0 Å². The fourth-order valence-electron chi connectivity index (χ4n) is 3.07. The van der Waals surface area contributed by atoms with Gasteiger partial charge < -0.3 is 0 Å². The molecule has 0 aromatic carbocycles. The van der Waals surface area contributed by atoms with Gasteiger partial charge in [0.2, 0.25) is 0 Å². The lowest BCUT2D eigenvalue weighted by Gasteiger charge is -2.21. The van der Waals surface area contributed by atoms with E-state index in [1.54, 1.807) is 0 Å². The van der Waals surface area contributed by atoms with Crippen molar-refractivity contribution in [2.24, 2.45) is 11.8 Å². The molecule has 1 nitrogen and oxygen atoms in total. The van der Waals surface area contributed by atoms with Gasteiger partial charge in [-0.05, 0) is 31.1 Å². The van der Waals surface area contributed by atoms with Crippen LogP contribution in [0.1, 0.15) is 57.8 Å². The molecule has 1 heteroatoms. The third-order valence-corrected chi connectivity index (χ3v) is 3.84. The van der Waals surface area contributed by atoms with Crippen LogP contribution in [0.2, 0.25) is 0 Å². The van der Waals surface area contributed by atoms with Gasteiger partial charge in [0.1, 0.15) is 5.78 Å². The third kappa shape index (κ3) is 2.32. The van der Waals surface area contributed by atoms with E-state index in [2.05, 4.69) is 0 Å². The van der Waals surface area contributed by atoms with Crippen molar-refractivity contribution in [3.63, 3.8) is 0 Å². The molecule has 0 aliphatic heterocycles. The van der Waals surface area contributed by atoms with E-state index in [4.69, 9.17) is 0 Å². The van der Waals surface area contributed by atoms with Crippen molar-refractivity contribution < 1.29 is 4.79 Å². The Morgan fingerprint density at radius 1 is 0.846 bits per heavy atom. The molecule has 13 heavy (non-hydrogen) atoms. The Hall–Kier alpha value is -0.330. The molecule has 2 fully saturated rings. The largest absolute Gasteiger partial charge is 0.300 e.